The molecule has 4 heteroatoms. The predicted octanol–water partition coefficient (Wildman–Crippen LogP) is 1.60. The van der Waals surface area contributed by atoms with E-state index < -0.39 is 0 Å². The van der Waals surface area contributed by atoms with Crippen LogP contribution >= 0.6 is 0 Å². The molecule has 0 bridgehead atoms. The third-order valence-corrected chi connectivity index (χ3v) is 3.79. The van der Waals surface area contributed by atoms with Gasteiger partial charge in [0, 0.05) is 31.0 Å². The Bertz CT molecular complexity index is 436. The Labute approximate surface area is 108 Å². The molecule has 18 heavy (non-hydrogen) atoms. The van der Waals surface area contributed by atoms with Crippen molar-refractivity contribution in [2.75, 3.05) is 20.1 Å². The molecule has 0 spiro atoms. The largest absolute Gasteiger partial charge is 0.347 e. The molecule has 0 saturated carbocycles. The number of piperidine rings is 1. The number of carbonyl (C=O) groups is 1. The highest BCUT2D eigenvalue weighted by Crippen LogP contribution is 2.21. The molecule has 98 valence electrons. The van der Waals surface area contributed by atoms with Crippen molar-refractivity contribution in [3.63, 3.8) is 0 Å². The highest BCUT2D eigenvalue weighted by molar-refractivity contribution is 5.95. The molecule has 0 atom stereocenters. The maximum absolute atomic E-state index is 12.3. The van der Waals surface area contributed by atoms with E-state index in [9.17, 15) is 4.79 Å². The second-order valence-corrected chi connectivity index (χ2v) is 5.51. The van der Waals surface area contributed by atoms with Crippen molar-refractivity contribution in [1.82, 2.24) is 15.2 Å². The lowest BCUT2D eigenvalue weighted by molar-refractivity contribution is 0.0851. The monoisotopic (exact) mass is 247 g/mol. The van der Waals surface area contributed by atoms with Gasteiger partial charge >= 0.3 is 0 Å². The molecule has 4 nitrogen and oxygen atoms in total. The lowest BCUT2D eigenvalue weighted by Gasteiger charge is -2.38. The van der Waals surface area contributed by atoms with Crippen LogP contribution in [0.5, 0.6) is 0 Å². The van der Waals surface area contributed by atoms with Gasteiger partial charge in [0.15, 0.2) is 0 Å². The van der Waals surface area contributed by atoms with E-state index in [1.165, 1.54) is 0 Å². The average Bonchev–Trinajstić information content (AvgIpc) is 2.34. The first-order valence-electron chi connectivity index (χ1n) is 6.42. The fourth-order valence-corrected chi connectivity index (χ4v) is 2.28. The van der Waals surface area contributed by atoms with E-state index >= 15 is 0 Å². The van der Waals surface area contributed by atoms with E-state index in [1.54, 1.807) is 12.4 Å². The molecule has 1 N–H and O–H groups in total. The standard InChI is InChI=1S/C14H21N3O/c1-11-4-7-15-10-12(11)13(18)16-14(2)5-8-17(3)9-6-14/h4,7,10H,5-6,8-9H2,1-3H3,(H,16,18). The second-order valence-electron chi connectivity index (χ2n) is 5.51. The Morgan fingerprint density at radius 1 is 1.44 bits per heavy atom. The second kappa shape index (κ2) is 5.06. The lowest BCUT2D eigenvalue weighted by atomic mass is 9.89. The van der Waals surface area contributed by atoms with Crippen molar-refractivity contribution >= 4 is 5.91 Å². The Hall–Kier alpha value is -1.42. The number of nitrogens with one attached hydrogen (secondary N) is 1. The van der Waals surface area contributed by atoms with Crippen molar-refractivity contribution in [2.45, 2.75) is 32.2 Å². The number of aryl methyl sites for hydroxylation is 1. The zero-order chi connectivity index (χ0) is 13.2. The SMILES string of the molecule is Cc1ccncc1C(=O)NC1(C)CCN(C)CC1. The van der Waals surface area contributed by atoms with Crippen molar-refractivity contribution < 1.29 is 4.79 Å². The molecule has 0 radical (unpaired) electrons. The van der Waals surface area contributed by atoms with Crippen LogP contribution in [0.4, 0.5) is 0 Å². The first kappa shape index (κ1) is 13.0. The molecular formula is C14H21N3O. The minimum atomic E-state index is -0.0914. The molecule has 1 aromatic heterocycles. The van der Waals surface area contributed by atoms with Crippen molar-refractivity contribution in [3.8, 4) is 0 Å². The first-order valence-corrected chi connectivity index (χ1v) is 6.42. The van der Waals surface area contributed by atoms with E-state index in [1.807, 2.05) is 13.0 Å². The van der Waals surface area contributed by atoms with Gasteiger partial charge in [-0.05, 0) is 45.4 Å². The number of hydrogen-bond donors (Lipinski definition) is 1. The van der Waals surface area contributed by atoms with Gasteiger partial charge in [-0.3, -0.25) is 9.78 Å². The van der Waals surface area contributed by atoms with Gasteiger partial charge in [0.25, 0.3) is 5.91 Å². The van der Waals surface area contributed by atoms with Gasteiger partial charge in [-0.1, -0.05) is 0 Å². The van der Waals surface area contributed by atoms with Crippen LogP contribution in [0.3, 0.4) is 0 Å². The minimum Gasteiger partial charge on any atom is -0.347 e. The van der Waals surface area contributed by atoms with Crippen LogP contribution in [0.15, 0.2) is 18.5 Å². The van der Waals surface area contributed by atoms with E-state index in [-0.39, 0.29) is 11.4 Å². The number of carbonyl (C=O) groups excluding carboxylic acids is 1. The molecule has 1 aliphatic heterocycles. The average molecular weight is 247 g/mol. The smallest absolute Gasteiger partial charge is 0.253 e. The summed E-state index contributed by atoms with van der Waals surface area (Å²) in [4.78, 5) is 18.6. The first-order chi connectivity index (χ1) is 8.50. The number of aromatic nitrogens is 1. The molecule has 0 aromatic carbocycles. The number of rotatable bonds is 2. The zero-order valence-electron chi connectivity index (χ0n) is 11.4. The summed E-state index contributed by atoms with van der Waals surface area (Å²) in [5.41, 5.74) is 1.56. The van der Waals surface area contributed by atoms with Gasteiger partial charge in [0.05, 0.1) is 5.56 Å². The number of likely N-dealkylation sites (tertiary alicyclic amines) is 1. The number of amides is 1. The molecular weight excluding hydrogens is 226 g/mol. The van der Waals surface area contributed by atoms with E-state index in [0.29, 0.717) is 5.56 Å². The van der Waals surface area contributed by atoms with Gasteiger partial charge in [-0.15, -0.1) is 0 Å². The number of nitrogens with zero attached hydrogens (tertiary/aromatic N) is 2. The molecule has 1 aliphatic rings. The topological polar surface area (TPSA) is 45.2 Å². The Kier molecular flexibility index (Phi) is 3.66. The maximum Gasteiger partial charge on any atom is 0.253 e. The summed E-state index contributed by atoms with van der Waals surface area (Å²) in [6.07, 6.45) is 5.34. The van der Waals surface area contributed by atoms with Crippen molar-refractivity contribution in [3.05, 3.63) is 29.6 Å². The minimum absolute atomic E-state index is 0.00680. The van der Waals surface area contributed by atoms with E-state index in [0.717, 1.165) is 31.5 Å². The van der Waals surface area contributed by atoms with Crippen LogP contribution in [0.25, 0.3) is 0 Å². The van der Waals surface area contributed by atoms with Crippen LogP contribution in [0.2, 0.25) is 0 Å². The summed E-state index contributed by atoms with van der Waals surface area (Å²) in [5, 5.41) is 3.17. The summed E-state index contributed by atoms with van der Waals surface area (Å²) in [7, 11) is 2.12. The van der Waals surface area contributed by atoms with E-state index in [4.69, 9.17) is 0 Å². The van der Waals surface area contributed by atoms with Crippen molar-refractivity contribution in [2.24, 2.45) is 0 Å². The predicted molar refractivity (Wildman–Crippen MR) is 71.6 cm³/mol. The van der Waals surface area contributed by atoms with Crippen LogP contribution in [0, 0.1) is 6.92 Å². The van der Waals surface area contributed by atoms with Crippen molar-refractivity contribution in [1.29, 1.82) is 0 Å². The maximum atomic E-state index is 12.3. The van der Waals surface area contributed by atoms with Crippen LogP contribution in [-0.2, 0) is 0 Å². The quantitative estimate of drug-likeness (QED) is 0.863. The van der Waals surface area contributed by atoms with Gasteiger partial charge < -0.3 is 10.2 Å². The Morgan fingerprint density at radius 3 is 2.72 bits per heavy atom. The van der Waals surface area contributed by atoms with Gasteiger partial charge in [0.1, 0.15) is 0 Å². The van der Waals surface area contributed by atoms with E-state index in [2.05, 4.69) is 29.2 Å². The number of pyridine rings is 1. The lowest BCUT2D eigenvalue weighted by Crippen LogP contribution is -2.52. The third kappa shape index (κ3) is 2.88. The summed E-state index contributed by atoms with van der Waals surface area (Å²) < 4.78 is 0. The van der Waals surface area contributed by atoms with Crippen LogP contribution in [0.1, 0.15) is 35.7 Å². The fraction of sp³-hybridized carbons (Fsp3) is 0.571. The van der Waals surface area contributed by atoms with Crippen LogP contribution in [-0.4, -0.2) is 41.5 Å². The summed E-state index contributed by atoms with van der Waals surface area (Å²) >= 11 is 0. The third-order valence-electron chi connectivity index (χ3n) is 3.79. The molecule has 2 heterocycles. The Balaban J connectivity index is 2.06. The van der Waals surface area contributed by atoms with Crippen LogP contribution < -0.4 is 5.32 Å². The highest BCUT2D eigenvalue weighted by atomic mass is 16.1. The Morgan fingerprint density at radius 2 is 2.11 bits per heavy atom. The molecule has 1 saturated heterocycles. The molecule has 1 amide bonds. The fourth-order valence-electron chi connectivity index (χ4n) is 2.28. The molecule has 0 unspecified atom stereocenters. The van der Waals surface area contributed by atoms with Gasteiger partial charge in [0.2, 0.25) is 0 Å². The molecule has 1 aromatic rings. The normalized spacial score (nSPS) is 19.5. The van der Waals surface area contributed by atoms with Gasteiger partial charge in [-0.2, -0.15) is 0 Å². The molecule has 1 fully saturated rings. The molecule has 2 rings (SSSR count). The summed E-state index contributed by atoms with van der Waals surface area (Å²) in [6.45, 7) is 6.13. The highest BCUT2D eigenvalue weighted by Gasteiger charge is 2.30. The zero-order valence-corrected chi connectivity index (χ0v) is 11.4. The summed E-state index contributed by atoms with van der Waals surface area (Å²) in [5.74, 6) is -0.00680. The van der Waals surface area contributed by atoms with Gasteiger partial charge in [-0.25, -0.2) is 0 Å². The summed E-state index contributed by atoms with van der Waals surface area (Å²) in [6, 6.07) is 1.87. The molecule has 0 aliphatic carbocycles. The number of hydrogen-bond acceptors (Lipinski definition) is 3.